The van der Waals surface area contributed by atoms with Gasteiger partial charge in [0.15, 0.2) is 0 Å². The van der Waals surface area contributed by atoms with E-state index in [1.807, 2.05) is 7.05 Å². The van der Waals surface area contributed by atoms with E-state index >= 15 is 0 Å². The van der Waals surface area contributed by atoms with E-state index in [1.165, 1.54) is 0 Å². The van der Waals surface area contributed by atoms with Crippen LogP contribution < -0.4 is 11.1 Å². The minimum Gasteiger partial charge on any atom is -0.369 e. The smallest absolute Gasteiger partial charge is 0.221 e. The fraction of sp³-hybridized carbons (Fsp3) is 0.750. The zero-order valence-corrected chi connectivity index (χ0v) is 7.55. The van der Waals surface area contributed by atoms with Crippen molar-refractivity contribution in [3.05, 3.63) is 0 Å². The van der Waals surface area contributed by atoms with Crippen LogP contribution in [0.25, 0.3) is 0 Å². The second-order valence-electron chi connectivity index (χ2n) is 2.75. The van der Waals surface area contributed by atoms with Crippen LogP contribution in [0.1, 0.15) is 12.8 Å². The monoisotopic (exact) mass is 171 g/mol. The number of nitrogens with two attached hydrogens (primary N) is 1. The Kier molecular flexibility index (Phi) is 6.28. The lowest BCUT2D eigenvalue weighted by Gasteiger charge is -2.10. The highest BCUT2D eigenvalue weighted by Crippen LogP contribution is 2.04. The van der Waals surface area contributed by atoms with Crippen LogP contribution in [0.5, 0.6) is 0 Å². The molecule has 1 unspecified atom stereocenters. The molecule has 0 saturated carbocycles. The van der Waals surface area contributed by atoms with Crippen LogP contribution >= 0.6 is 0 Å². The molecule has 0 aromatic rings. The lowest BCUT2D eigenvalue weighted by atomic mass is 10.0. The van der Waals surface area contributed by atoms with Gasteiger partial charge in [0.05, 0.1) is 5.92 Å². The third-order valence-electron chi connectivity index (χ3n) is 1.72. The number of rotatable bonds is 7. The highest BCUT2D eigenvalue weighted by atomic mass is 16.1. The normalized spacial score (nSPS) is 12.4. The van der Waals surface area contributed by atoms with Gasteiger partial charge in [-0.15, -0.1) is 0 Å². The molecule has 4 heteroatoms. The molecule has 0 aliphatic heterocycles. The summed E-state index contributed by atoms with van der Waals surface area (Å²) >= 11 is 0. The molecule has 0 rings (SSSR count). The highest BCUT2D eigenvalue weighted by molar-refractivity contribution is 5.76. The van der Waals surface area contributed by atoms with Gasteiger partial charge in [-0.05, 0) is 26.6 Å². The quantitative estimate of drug-likeness (QED) is 0.411. The molecule has 0 saturated heterocycles. The maximum absolute atomic E-state index is 10.8. The molecule has 0 radical (unpaired) electrons. The fourth-order valence-corrected chi connectivity index (χ4v) is 1.04. The molecule has 70 valence electrons. The average molecular weight is 171 g/mol. The van der Waals surface area contributed by atoms with Gasteiger partial charge in [-0.25, -0.2) is 0 Å². The largest absolute Gasteiger partial charge is 0.369 e. The summed E-state index contributed by atoms with van der Waals surface area (Å²) in [7, 11) is 1.81. The maximum Gasteiger partial charge on any atom is 0.221 e. The number of primary amides is 1. The Hall–Kier alpha value is -0.900. The van der Waals surface area contributed by atoms with Crippen LogP contribution in [0.3, 0.4) is 0 Å². The molecule has 0 spiro atoms. The lowest BCUT2D eigenvalue weighted by molar-refractivity contribution is -0.121. The molecule has 0 aliphatic carbocycles. The maximum atomic E-state index is 10.8. The summed E-state index contributed by atoms with van der Waals surface area (Å²) in [5, 5.41) is 2.93. The molecule has 3 N–H and O–H groups in total. The highest BCUT2D eigenvalue weighted by Gasteiger charge is 2.12. The number of amides is 1. The topological polar surface area (TPSA) is 67.5 Å². The Morgan fingerprint density at radius 1 is 1.75 bits per heavy atom. The van der Waals surface area contributed by atoms with E-state index in [2.05, 4.69) is 17.0 Å². The summed E-state index contributed by atoms with van der Waals surface area (Å²) in [6, 6.07) is 0. The first-order chi connectivity index (χ1) is 5.72. The summed E-state index contributed by atoms with van der Waals surface area (Å²) in [5.74, 6) is -0.315. The molecule has 0 fully saturated rings. The molecular weight excluding hydrogens is 154 g/mol. The fourth-order valence-electron chi connectivity index (χ4n) is 1.04. The lowest BCUT2D eigenvalue weighted by Crippen LogP contribution is -2.31. The molecule has 4 nitrogen and oxygen atoms in total. The first-order valence-electron chi connectivity index (χ1n) is 4.08. The van der Waals surface area contributed by atoms with Gasteiger partial charge < -0.3 is 16.0 Å². The molecular formula is C8H17N3O. The van der Waals surface area contributed by atoms with E-state index in [0.717, 1.165) is 12.8 Å². The van der Waals surface area contributed by atoms with Gasteiger partial charge in [-0.1, -0.05) is 0 Å². The summed E-state index contributed by atoms with van der Waals surface area (Å²) in [6.45, 7) is 4.71. The molecule has 1 atom stereocenters. The van der Waals surface area contributed by atoms with Crippen molar-refractivity contribution in [2.75, 3.05) is 20.1 Å². The number of aliphatic imine (C=N–C) groups is 1. The van der Waals surface area contributed by atoms with Gasteiger partial charge in [-0.3, -0.25) is 4.79 Å². The van der Waals surface area contributed by atoms with Crippen molar-refractivity contribution in [3.63, 3.8) is 0 Å². The van der Waals surface area contributed by atoms with Gasteiger partial charge in [0.2, 0.25) is 5.91 Å². The Morgan fingerprint density at radius 2 is 2.42 bits per heavy atom. The predicted octanol–water partition coefficient (Wildman–Crippen LogP) is -0.212. The van der Waals surface area contributed by atoms with E-state index < -0.39 is 0 Å². The van der Waals surface area contributed by atoms with Crippen molar-refractivity contribution in [1.82, 2.24) is 5.32 Å². The van der Waals surface area contributed by atoms with Crippen molar-refractivity contribution in [1.29, 1.82) is 0 Å². The predicted molar refractivity (Wildman–Crippen MR) is 50.3 cm³/mol. The average Bonchev–Trinajstić information content (AvgIpc) is 2.03. The first kappa shape index (κ1) is 11.1. The molecule has 1 amide bonds. The summed E-state index contributed by atoms with van der Waals surface area (Å²) in [5.41, 5.74) is 5.18. The molecule has 0 heterocycles. The zero-order chi connectivity index (χ0) is 9.40. The van der Waals surface area contributed by atoms with Crippen molar-refractivity contribution < 1.29 is 4.79 Å². The molecule has 0 aliphatic rings. The van der Waals surface area contributed by atoms with E-state index in [9.17, 15) is 4.79 Å². The van der Waals surface area contributed by atoms with E-state index in [1.54, 1.807) is 0 Å². The van der Waals surface area contributed by atoms with Crippen LogP contribution in [0.2, 0.25) is 0 Å². The standard InChI is InChI=1S/C8H17N3O/c1-10-5-3-4-7(6-11-2)8(9)12/h7,11H,1,3-6H2,2H3,(H2,9,12). The second-order valence-corrected chi connectivity index (χ2v) is 2.75. The van der Waals surface area contributed by atoms with Gasteiger partial charge >= 0.3 is 0 Å². The Bertz CT molecular complexity index is 147. The van der Waals surface area contributed by atoms with Crippen molar-refractivity contribution in [3.8, 4) is 0 Å². The SMILES string of the molecule is C=NCCCC(CNC)C(N)=O. The van der Waals surface area contributed by atoms with Crippen LogP contribution in [0, 0.1) is 5.92 Å². The molecule has 0 aromatic carbocycles. The Labute approximate surface area is 73.2 Å². The minimum atomic E-state index is -0.242. The van der Waals surface area contributed by atoms with E-state index in [-0.39, 0.29) is 11.8 Å². The molecule has 0 bridgehead atoms. The Morgan fingerprint density at radius 3 is 2.83 bits per heavy atom. The number of nitrogens with zero attached hydrogens (tertiary/aromatic N) is 1. The van der Waals surface area contributed by atoms with Crippen molar-refractivity contribution in [2.24, 2.45) is 16.6 Å². The van der Waals surface area contributed by atoms with Crippen molar-refractivity contribution >= 4 is 12.6 Å². The first-order valence-corrected chi connectivity index (χ1v) is 4.08. The number of carbonyl (C=O) groups is 1. The zero-order valence-electron chi connectivity index (χ0n) is 7.55. The summed E-state index contributed by atoms with van der Waals surface area (Å²) < 4.78 is 0. The van der Waals surface area contributed by atoms with E-state index in [4.69, 9.17) is 5.73 Å². The summed E-state index contributed by atoms with van der Waals surface area (Å²) in [6.07, 6.45) is 1.66. The van der Waals surface area contributed by atoms with Gasteiger partial charge in [0.25, 0.3) is 0 Å². The second kappa shape index (κ2) is 6.79. The van der Waals surface area contributed by atoms with Crippen LogP contribution in [-0.2, 0) is 4.79 Å². The third kappa shape index (κ3) is 4.85. The van der Waals surface area contributed by atoms with Crippen LogP contribution in [0.4, 0.5) is 0 Å². The van der Waals surface area contributed by atoms with Gasteiger partial charge in [0.1, 0.15) is 0 Å². The van der Waals surface area contributed by atoms with Crippen molar-refractivity contribution in [2.45, 2.75) is 12.8 Å². The number of hydrogen-bond acceptors (Lipinski definition) is 3. The number of hydrogen-bond donors (Lipinski definition) is 2. The van der Waals surface area contributed by atoms with Gasteiger partial charge in [-0.2, -0.15) is 0 Å². The molecule has 0 aromatic heterocycles. The summed E-state index contributed by atoms with van der Waals surface area (Å²) in [4.78, 5) is 14.5. The number of carbonyl (C=O) groups excluding carboxylic acids is 1. The van der Waals surface area contributed by atoms with Crippen LogP contribution in [0.15, 0.2) is 4.99 Å². The van der Waals surface area contributed by atoms with Crippen LogP contribution in [-0.4, -0.2) is 32.8 Å². The number of nitrogens with one attached hydrogen (secondary N) is 1. The third-order valence-corrected chi connectivity index (χ3v) is 1.72. The minimum absolute atomic E-state index is 0.0725. The van der Waals surface area contributed by atoms with E-state index in [0.29, 0.717) is 13.1 Å². The Balaban J connectivity index is 3.63. The van der Waals surface area contributed by atoms with Gasteiger partial charge in [0, 0.05) is 13.1 Å². The molecule has 12 heavy (non-hydrogen) atoms.